The molecule has 2 aromatic rings. The Morgan fingerprint density at radius 3 is 2.52 bits per heavy atom. The van der Waals surface area contributed by atoms with Crippen molar-refractivity contribution in [2.75, 3.05) is 26.7 Å². The van der Waals surface area contributed by atoms with Crippen molar-refractivity contribution in [1.82, 2.24) is 9.21 Å². The third-order valence-electron chi connectivity index (χ3n) is 5.51. The van der Waals surface area contributed by atoms with Crippen molar-refractivity contribution in [3.8, 4) is 0 Å². The molecule has 2 unspecified atom stereocenters. The zero-order valence-corrected chi connectivity index (χ0v) is 18.8. The first-order valence-corrected chi connectivity index (χ1v) is 11.5. The number of benzene rings is 2. The van der Waals surface area contributed by atoms with Crippen LogP contribution in [0.15, 0.2) is 42.5 Å². The van der Waals surface area contributed by atoms with Gasteiger partial charge in [-0.25, -0.2) is 13.5 Å². The van der Waals surface area contributed by atoms with Gasteiger partial charge in [-0.2, -0.15) is 0 Å². The SMILES string of the molecule is COC(=O)c1ccc(CN(CCC(c2ccc(F)c(Cl)c2)N2CCCC2)S(=O)[O-])cc1. The van der Waals surface area contributed by atoms with Crippen molar-refractivity contribution in [2.24, 2.45) is 0 Å². The van der Waals surface area contributed by atoms with Gasteiger partial charge in [0.25, 0.3) is 0 Å². The summed E-state index contributed by atoms with van der Waals surface area (Å²) >= 11 is 3.58. The molecule has 1 aliphatic rings. The normalized spacial score (nSPS) is 16.4. The first-order chi connectivity index (χ1) is 14.9. The summed E-state index contributed by atoms with van der Waals surface area (Å²) in [4.78, 5) is 13.9. The van der Waals surface area contributed by atoms with Crippen LogP contribution in [0.4, 0.5) is 4.39 Å². The van der Waals surface area contributed by atoms with Gasteiger partial charge in [0.2, 0.25) is 0 Å². The highest BCUT2D eigenvalue weighted by atomic mass is 35.5. The zero-order valence-electron chi connectivity index (χ0n) is 17.3. The number of nitrogens with zero attached hydrogens (tertiary/aromatic N) is 2. The van der Waals surface area contributed by atoms with Crippen LogP contribution in [0.1, 0.15) is 46.8 Å². The van der Waals surface area contributed by atoms with Gasteiger partial charge in [0.15, 0.2) is 0 Å². The lowest BCUT2D eigenvalue weighted by molar-refractivity contribution is 0.0600. The van der Waals surface area contributed by atoms with Crippen LogP contribution < -0.4 is 0 Å². The second-order valence-electron chi connectivity index (χ2n) is 7.49. The lowest BCUT2D eigenvalue weighted by atomic mass is 10.0. The smallest absolute Gasteiger partial charge is 0.337 e. The third-order valence-corrected chi connectivity index (χ3v) is 6.53. The maximum absolute atomic E-state index is 13.6. The molecule has 1 fully saturated rings. The summed E-state index contributed by atoms with van der Waals surface area (Å²) in [6.07, 6.45) is 2.71. The molecule has 9 heteroatoms. The van der Waals surface area contributed by atoms with E-state index in [2.05, 4.69) is 9.64 Å². The van der Waals surface area contributed by atoms with Crippen molar-refractivity contribution >= 4 is 28.8 Å². The second kappa shape index (κ2) is 11.2. The van der Waals surface area contributed by atoms with E-state index in [1.807, 2.05) is 0 Å². The summed E-state index contributed by atoms with van der Waals surface area (Å²) in [6.45, 7) is 2.31. The van der Waals surface area contributed by atoms with Crippen molar-refractivity contribution in [1.29, 1.82) is 0 Å². The summed E-state index contributed by atoms with van der Waals surface area (Å²) in [6, 6.07) is 11.3. The Hall–Kier alpha value is -1.84. The van der Waals surface area contributed by atoms with Crippen LogP contribution in [0.3, 0.4) is 0 Å². The maximum Gasteiger partial charge on any atom is 0.337 e. The molecule has 31 heavy (non-hydrogen) atoms. The Labute approximate surface area is 189 Å². The monoisotopic (exact) mass is 467 g/mol. The van der Waals surface area contributed by atoms with Gasteiger partial charge >= 0.3 is 5.97 Å². The van der Waals surface area contributed by atoms with Gasteiger partial charge in [-0.05, 0) is 67.7 Å². The molecule has 0 radical (unpaired) electrons. The molecule has 0 aliphatic carbocycles. The van der Waals surface area contributed by atoms with Crippen molar-refractivity contribution in [2.45, 2.75) is 31.8 Å². The van der Waals surface area contributed by atoms with Crippen molar-refractivity contribution in [3.63, 3.8) is 0 Å². The lowest BCUT2D eigenvalue weighted by Gasteiger charge is -2.31. The van der Waals surface area contributed by atoms with Crippen LogP contribution in [0.5, 0.6) is 0 Å². The molecule has 0 saturated carbocycles. The van der Waals surface area contributed by atoms with E-state index in [9.17, 15) is 17.9 Å². The van der Waals surface area contributed by atoms with Crippen molar-refractivity contribution in [3.05, 3.63) is 70.0 Å². The summed E-state index contributed by atoms with van der Waals surface area (Å²) < 4.78 is 43.4. The molecule has 1 aliphatic heterocycles. The number of hydrogen-bond acceptors (Lipinski definition) is 5. The van der Waals surface area contributed by atoms with E-state index in [0.29, 0.717) is 18.5 Å². The first kappa shape index (κ1) is 23.8. The number of carbonyl (C=O) groups excluding carboxylic acids is 1. The van der Waals surface area contributed by atoms with Gasteiger partial charge in [0.05, 0.1) is 17.7 Å². The fourth-order valence-corrected chi connectivity index (χ4v) is 4.57. The second-order valence-corrected chi connectivity index (χ2v) is 8.85. The Bertz CT molecular complexity index is 922. The van der Waals surface area contributed by atoms with Crippen LogP contribution in [0.2, 0.25) is 5.02 Å². The molecule has 0 N–H and O–H groups in total. The molecule has 6 nitrogen and oxygen atoms in total. The van der Waals surface area contributed by atoms with Crippen molar-refractivity contribution < 1.29 is 22.7 Å². The molecule has 3 rings (SSSR count). The minimum absolute atomic E-state index is 0.0478. The van der Waals surface area contributed by atoms with Crippen LogP contribution in [-0.4, -0.2) is 50.7 Å². The van der Waals surface area contributed by atoms with Crippen LogP contribution in [0.25, 0.3) is 0 Å². The van der Waals surface area contributed by atoms with Gasteiger partial charge in [-0.3, -0.25) is 9.11 Å². The predicted octanol–water partition coefficient (Wildman–Crippen LogP) is 4.09. The van der Waals surface area contributed by atoms with Gasteiger partial charge in [0, 0.05) is 30.4 Å². The standard InChI is InChI=1S/C22H26ClFN2O4S/c1-30-22(27)17-6-4-16(5-7-17)15-26(31(28)29)13-10-21(25-11-2-3-12-25)18-8-9-20(24)19(23)14-18/h4-9,14,21H,2-3,10-13,15H2,1H3,(H,28,29)/p-1. The first-order valence-electron chi connectivity index (χ1n) is 10.1. The molecule has 0 aromatic heterocycles. The minimum atomic E-state index is -2.41. The zero-order chi connectivity index (χ0) is 22.4. The average Bonchev–Trinajstić information content (AvgIpc) is 3.29. The topological polar surface area (TPSA) is 72.9 Å². The number of methoxy groups -OCH3 is 1. The number of hydrogen-bond donors (Lipinski definition) is 0. The van der Waals surface area contributed by atoms with E-state index in [-0.39, 0.29) is 17.6 Å². The number of halogens is 2. The average molecular weight is 468 g/mol. The van der Waals surface area contributed by atoms with Crippen LogP contribution in [-0.2, 0) is 22.5 Å². The molecule has 2 aromatic carbocycles. The Morgan fingerprint density at radius 1 is 1.26 bits per heavy atom. The minimum Gasteiger partial charge on any atom is -0.760 e. The van der Waals surface area contributed by atoms with E-state index >= 15 is 0 Å². The number of ether oxygens (including phenoxy) is 1. The highest BCUT2D eigenvalue weighted by molar-refractivity contribution is 7.76. The quantitative estimate of drug-likeness (QED) is 0.410. The van der Waals surface area contributed by atoms with Gasteiger partial charge < -0.3 is 9.29 Å². The third kappa shape index (κ3) is 6.33. The van der Waals surface area contributed by atoms with E-state index in [1.165, 1.54) is 17.5 Å². The van der Waals surface area contributed by atoms with Gasteiger partial charge in [-0.15, -0.1) is 0 Å². The highest BCUT2D eigenvalue weighted by Gasteiger charge is 2.25. The molecule has 168 valence electrons. The van der Waals surface area contributed by atoms with Crippen LogP contribution in [0, 0.1) is 5.82 Å². The molecule has 0 bridgehead atoms. The highest BCUT2D eigenvalue weighted by Crippen LogP contribution is 2.31. The largest absolute Gasteiger partial charge is 0.760 e. The number of likely N-dealkylation sites (tertiary alicyclic amines) is 1. The molecular formula is C22H25ClFN2O4S-. The maximum atomic E-state index is 13.6. The predicted molar refractivity (Wildman–Crippen MR) is 117 cm³/mol. The molecule has 0 amide bonds. The van der Waals surface area contributed by atoms with E-state index < -0.39 is 23.1 Å². The van der Waals surface area contributed by atoms with E-state index in [1.54, 1.807) is 36.4 Å². The molecule has 1 saturated heterocycles. The van der Waals surface area contributed by atoms with Gasteiger partial charge in [0.1, 0.15) is 5.82 Å². The Balaban J connectivity index is 1.71. The van der Waals surface area contributed by atoms with Crippen LogP contribution >= 0.6 is 11.6 Å². The summed E-state index contributed by atoms with van der Waals surface area (Å²) in [5, 5.41) is 0.0663. The lowest BCUT2D eigenvalue weighted by Crippen LogP contribution is -2.32. The molecular weight excluding hydrogens is 443 g/mol. The summed E-state index contributed by atoms with van der Waals surface area (Å²) in [5.41, 5.74) is 2.05. The summed E-state index contributed by atoms with van der Waals surface area (Å²) in [7, 11) is 1.31. The summed E-state index contributed by atoms with van der Waals surface area (Å²) in [5.74, 6) is -0.912. The fourth-order valence-electron chi connectivity index (χ4n) is 3.87. The Morgan fingerprint density at radius 2 is 1.94 bits per heavy atom. The number of carbonyl (C=O) groups is 1. The van der Waals surface area contributed by atoms with Gasteiger partial charge in [-0.1, -0.05) is 29.8 Å². The fraction of sp³-hybridized carbons (Fsp3) is 0.409. The Kier molecular flexibility index (Phi) is 8.57. The molecule has 1 heterocycles. The molecule has 2 atom stereocenters. The number of esters is 1. The van der Waals surface area contributed by atoms with E-state index in [4.69, 9.17) is 11.6 Å². The molecule has 0 spiro atoms. The van der Waals surface area contributed by atoms with E-state index in [0.717, 1.165) is 37.1 Å². The number of rotatable bonds is 9.